The minimum atomic E-state index is -3.35. The van der Waals surface area contributed by atoms with E-state index in [0.29, 0.717) is 11.6 Å². The number of sulfonamides is 1. The Bertz CT molecular complexity index is 662. The zero-order valence-corrected chi connectivity index (χ0v) is 11.5. The number of nitrogens with zero attached hydrogens (tertiary/aromatic N) is 2. The topological polar surface area (TPSA) is 117 Å². The monoisotopic (exact) mass is 301 g/mol. The van der Waals surface area contributed by atoms with Gasteiger partial charge in [0.15, 0.2) is 5.13 Å². The second-order valence-corrected chi connectivity index (χ2v) is 6.29. The number of carbonyl (C=O) groups is 1. The summed E-state index contributed by atoms with van der Waals surface area (Å²) >= 11 is 1.12. The maximum Gasteiger partial charge on any atom is 0.232 e. The largest absolute Gasteiger partial charge is 0.331 e. The Labute approximate surface area is 113 Å². The van der Waals surface area contributed by atoms with Crippen LogP contribution in [0.2, 0.25) is 0 Å². The summed E-state index contributed by atoms with van der Waals surface area (Å²) in [6.07, 6.45) is 4.19. The Morgan fingerprint density at radius 1 is 1.53 bits per heavy atom. The summed E-state index contributed by atoms with van der Waals surface area (Å²) in [4.78, 5) is 22.2. The molecule has 1 amide bonds. The molecule has 0 aliphatic rings. The third-order valence-electron chi connectivity index (χ3n) is 1.92. The molecule has 0 atom stereocenters. The van der Waals surface area contributed by atoms with Gasteiger partial charge in [0.1, 0.15) is 0 Å². The van der Waals surface area contributed by atoms with Gasteiger partial charge in [-0.25, -0.2) is 18.4 Å². The van der Waals surface area contributed by atoms with Gasteiger partial charge < -0.3 is 4.98 Å². The molecule has 2 aromatic rings. The molecule has 2 heterocycles. The molecule has 0 aromatic carbocycles. The smallest absolute Gasteiger partial charge is 0.232 e. The first kappa shape index (κ1) is 13.5. The van der Waals surface area contributed by atoms with Gasteiger partial charge >= 0.3 is 0 Å². The molecule has 0 spiro atoms. The van der Waals surface area contributed by atoms with E-state index in [1.807, 2.05) is 0 Å². The van der Waals surface area contributed by atoms with Crippen LogP contribution in [0.1, 0.15) is 5.69 Å². The van der Waals surface area contributed by atoms with Crippen molar-refractivity contribution in [3.63, 3.8) is 0 Å². The zero-order chi connectivity index (χ0) is 13.9. The van der Waals surface area contributed by atoms with Crippen LogP contribution in [0.5, 0.6) is 0 Å². The summed E-state index contributed by atoms with van der Waals surface area (Å²) in [6.45, 7) is 0. The number of thiazole rings is 1. The number of rotatable bonds is 5. The first-order valence-corrected chi connectivity index (χ1v) is 7.91. The van der Waals surface area contributed by atoms with Gasteiger partial charge in [-0.3, -0.25) is 14.8 Å². The number of aromatic amines is 1. The Kier molecular flexibility index (Phi) is 3.81. The Morgan fingerprint density at radius 3 is 2.95 bits per heavy atom. The highest BCUT2D eigenvalue weighted by molar-refractivity contribution is 7.92. The molecule has 0 fully saturated rings. The number of imidazole rings is 1. The lowest BCUT2D eigenvalue weighted by atomic mass is 10.3. The summed E-state index contributed by atoms with van der Waals surface area (Å²) in [5.74, 6) is 0.0702. The first-order valence-electron chi connectivity index (χ1n) is 5.14. The summed E-state index contributed by atoms with van der Waals surface area (Å²) in [7, 11) is -3.35. The van der Waals surface area contributed by atoms with Crippen LogP contribution < -0.4 is 10.0 Å². The fourth-order valence-corrected chi connectivity index (χ4v) is 2.83. The Morgan fingerprint density at radius 2 is 2.32 bits per heavy atom. The lowest BCUT2D eigenvalue weighted by molar-refractivity contribution is -0.115. The van der Waals surface area contributed by atoms with Gasteiger partial charge in [0.05, 0.1) is 18.4 Å². The van der Waals surface area contributed by atoms with Crippen molar-refractivity contribution in [1.82, 2.24) is 15.0 Å². The molecule has 0 saturated carbocycles. The molecule has 0 radical (unpaired) electrons. The van der Waals surface area contributed by atoms with Crippen molar-refractivity contribution in [2.24, 2.45) is 0 Å². The number of carbonyl (C=O) groups excluding carboxylic acids is 1. The van der Waals surface area contributed by atoms with E-state index in [9.17, 15) is 13.2 Å². The molecule has 102 valence electrons. The van der Waals surface area contributed by atoms with Crippen LogP contribution in [0.3, 0.4) is 0 Å². The maximum absolute atomic E-state index is 11.6. The van der Waals surface area contributed by atoms with E-state index in [-0.39, 0.29) is 17.5 Å². The maximum atomic E-state index is 11.6. The van der Waals surface area contributed by atoms with E-state index >= 15 is 0 Å². The van der Waals surface area contributed by atoms with Crippen molar-refractivity contribution in [3.05, 3.63) is 23.5 Å². The van der Waals surface area contributed by atoms with Crippen LogP contribution >= 0.6 is 11.3 Å². The molecule has 0 saturated heterocycles. The molecule has 0 aliphatic carbocycles. The number of aromatic nitrogens is 3. The van der Waals surface area contributed by atoms with Crippen LogP contribution in [0, 0.1) is 0 Å². The van der Waals surface area contributed by atoms with E-state index in [2.05, 4.69) is 25.0 Å². The van der Waals surface area contributed by atoms with Crippen molar-refractivity contribution in [1.29, 1.82) is 0 Å². The molecule has 0 unspecified atom stereocenters. The fraction of sp³-hybridized carbons (Fsp3) is 0.222. The number of hydrogen-bond donors (Lipinski definition) is 3. The summed E-state index contributed by atoms with van der Waals surface area (Å²) < 4.78 is 24.3. The van der Waals surface area contributed by atoms with Crippen LogP contribution in [0.25, 0.3) is 0 Å². The van der Waals surface area contributed by atoms with Crippen molar-refractivity contribution in [2.45, 2.75) is 6.42 Å². The van der Waals surface area contributed by atoms with Crippen molar-refractivity contribution < 1.29 is 13.2 Å². The van der Waals surface area contributed by atoms with Crippen LogP contribution in [0.4, 0.5) is 11.1 Å². The molecular weight excluding hydrogens is 290 g/mol. The van der Waals surface area contributed by atoms with Crippen LogP contribution in [-0.2, 0) is 21.2 Å². The van der Waals surface area contributed by atoms with Crippen molar-refractivity contribution in [3.8, 4) is 0 Å². The van der Waals surface area contributed by atoms with Crippen LogP contribution in [0.15, 0.2) is 17.8 Å². The lowest BCUT2D eigenvalue weighted by Crippen LogP contribution is -2.15. The molecule has 2 rings (SSSR count). The van der Waals surface area contributed by atoms with Crippen LogP contribution in [-0.4, -0.2) is 35.5 Å². The quantitative estimate of drug-likeness (QED) is 0.740. The van der Waals surface area contributed by atoms with Gasteiger partial charge in [-0.1, -0.05) is 0 Å². The lowest BCUT2D eigenvalue weighted by Gasteiger charge is -1.99. The zero-order valence-electron chi connectivity index (χ0n) is 9.87. The molecular formula is C9H11N5O3S2. The SMILES string of the molecule is CS(=O)(=O)Nc1nc(CC(=O)Nc2ncc[nH]2)cs1. The van der Waals surface area contributed by atoms with Gasteiger partial charge in [-0.2, -0.15) is 0 Å². The molecule has 19 heavy (non-hydrogen) atoms. The number of H-pyrrole nitrogens is 1. The molecule has 2 aromatic heterocycles. The normalized spacial score (nSPS) is 11.2. The highest BCUT2D eigenvalue weighted by Gasteiger charge is 2.10. The van der Waals surface area contributed by atoms with Gasteiger partial charge in [-0.05, 0) is 0 Å². The number of anilines is 2. The van der Waals surface area contributed by atoms with Gasteiger partial charge in [0, 0.05) is 17.8 Å². The average Bonchev–Trinajstić information content (AvgIpc) is 2.88. The van der Waals surface area contributed by atoms with Gasteiger partial charge in [-0.15, -0.1) is 11.3 Å². The van der Waals surface area contributed by atoms with E-state index in [4.69, 9.17) is 0 Å². The Balaban J connectivity index is 1.94. The highest BCUT2D eigenvalue weighted by atomic mass is 32.2. The standard InChI is InChI=1S/C9H11N5O3S2/c1-19(16,17)14-9-12-6(5-18-9)4-7(15)13-8-10-2-3-11-8/h2-3,5H,4H2,1H3,(H,12,14)(H2,10,11,13,15). The fourth-order valence-electron chi connectivity index (χ4n) is 1.27. The van der Waals surface area contributed by atoms with Gasteiger partial charge in [0.25, 0.3) is 0 Å². The van der Waals surface area contributed by atoms with E-state index in [1.54, 1.807) is 11.6 Å². The van der Waals surface area contributed by atoms with Crippen molar-refractivity contribution >= 4 is 38.3 Å². The summed E-state index contributed by atoms with van der Waals surface area (Å²) in [6, 6.07) is 0. The Hall–Kier alpha value is -1.94. The van der Waals surface area contributed by atoms with E-state index in [1.165, 1.54) is 6.20 Å². The second-order valence-electron chi connectivity index (χ2n) is 3.68. The highest BCUT2D eigenvalue weighted by Crippen LogP contribution is 2.16. The molecule has 10 heteroatoms. The third-order valence-corrected chi connectivity index (χ3v) is 3.42. The number of nitrogens with one attached hydrogen (secondary N) is 3. The summed E-state index contributed by atoms with van der Waals surface area (Å²) in [5, 5.41) is 4.41. The van der Waals surface area contributed by atoms with Gasteiger partial charge in [0.2, 0.25) is 21.9 Å². The molecule has 0 bridgehead atoms. The minimum absolute atomic E-state index is 0.0443. The molecule has 8 nitrogen and oxygen atoms in total. The first-order chi connectivity index (χ1) is 8.92. The van der Waals surface area contributed by atoms with Crippen molar-refractivity contribution in [2.75, 3.05) is 16.3 Å². The van der Waals surface area contributed by atoms with E-state index < -0.39 is 10.0 Å². The average molecular weight is 301 g/mol. The number of amides is 1. The summed E-state index contributed by atoms with van der Waals surface area (Å²) in [5.41, 5.74) is 0.486. The molecule has 0 aliphatic heterocycles. The van der Waals surface area contributed by atoms with E-state index in [0.717, 1.165) is 17.6 Å². The third kappa shape index (κ3) is 4.34. The minimum Gasteiger partial charge on any atom is -0.331 e. The second kappa shape index (κ2) is 5.36. The predicted molar refractivity (Wildman–Crippen MR) is 71.5 cm³/mol. The number of hydrogen-bond acceptors (Lipinski definition) is 6. The predicted octanol–water partition coefficient (Wildman–Crippen LogP) is 0.419. The molecule has 3 N–H and O–H groups in total.